The lowest BCUT2D eigenvalue weighted by atomic mass is 10.2. The second-order valence-corrected chi connectivity index (χ2v) is 6.52. The predicted octanol–water partition coefficient (Wildman–Crippen LogP) is 4.51. The molecule has 0 aliphatic carbocycles. The van der Waals surface area contributed by atoms with Gasteiger partial charge in [0, 0.05) is 11.4 Å². The minimum atomic E-state index is -0.541. The molecular weight excluding hydrogens is 373 g/mol. The second kappa shape index (κ2) is 8.97. The number of hydrogen-bond donors (Lipinski definition) is 2. The molecule has 0 aliphatic rings. The van der Waals surface area contributed by atoms with Crippen LogP contribution < -0.4 is 15.4 Å². The Kier molecular flexibility index (Phi) is 6.19. The Hall–Kier alpha value is -3.74. The summed E-state index contributed by atoms with van der Waals surface area (Å²) in [4.78, 5) is 28.9. The van der Waals surface area contributed by atoms with E-state index in [0.29, 0.717) is 17.1 Å². The van der Waals surface area contributed by atoms with Gasteiger partial charge < -0.3 is 15.4 Å². The maximum absolute atomic E-state index is 13.3. The van der Waals surface area contributed by atoms with Gasteiger partial charge in [-0.2, -0.15) is 0 Å². The van der Waals surface area contributed by atoms with Crippen LogP contribution in [0.4, 0.5) is 15.8 Å². The zero-order chi connectivity index (χ0) is 20.8. The third-order valence-electron chi connectivity index (χ3n) is 3.78. The molecule has 0 unspecified atom stereocenters. The SMILES string of the molecule is CC(C)Oc1ccc(NC(=O)c2cccc(C(=O)Nc3cccc(F)c3)n2)cc1. The summed E-state index contributed by atoms with van der Waals surface area (Å²) in [6.45, 7) is 3.86. The largest absolute Gasteiger partial charge is 0.491 e. The van der Waals surface area contributed by atoms with Crippen LogP contribution in [0.15, 0.2) is 66.7 Å². The smallest absolute Gasteiger partial charge is 0.274 e. The number of hydrogen-bond acceptors (Lipinski definition) is 4. The average Bonchev–Trinajstić information content (AvgIpc) is 2.69. The van der Waals surface area contributed by atoms with Crippen molar-refractivity contribution >= 4 is 23.2 Å². The third kappa shape index (κ3) is 5.62. The first-order chi connectivity index (χ1) is 13.9. The van der Waals surface area contributed by atoms with Gasteiger partial charge >= 0.3 is 0 Å². The maximum Gasteiger partial charge on any atom is 0.274 e. The van der Waals surface area contributed by atoms with Gasteiger partial charge in [-0.15, -0.1) is 0 Å². The lowest BCUT2D eigenvalue weighted by Gasteiger charge is -2.11. The monoisotopic (exact) mass is 393 g/mol. The Morgan fingerprint density at radius 3 is 2.03 bits per heavy atom. The number of carbonyl (C=O) groups excluding carboxylic acids is 2. The maximum atomic E-state index is 13.3. The van der Waals surface area contributed by atoms with Crippen molar-refractivity contribution in [2.45, 2.75) is 20.0 Å². The van der Waals surface area contributed by atoms with E-state index in [0.717, 1.165) is 0 Å². The van der Waals surface area contributed by atoms with Crippen LogP contribution in [0.25, 0.3) is 0 Å². The molecule has 7 heteroatoms. The number of carbonyl (C=O) groups is 2. The first-order valence-electron chi connectivity index (χ1n) is 9.03. The number of halogens is 1. The molecule has 0 atom stereocenters. The first kappa shape index (κ1) is 20.0. The van der Waals surface area contributed by atoms with Gasteiger partial charge in [-0.3, -0.25) is 9.59 Å². The van der Waals surface area contributed by atoms with Gasteiger partial charge in [-0.05, 0) is 68.4 Å². The highest BCUT2D eigenvalue weighted by atomic mass is 19.1. The van der Waals surface area contributed by atoms with Crippen LogP contribution in [-0.2, 0) is 0 Å². The summed E-state index contributed by atoms with van der Waals surface area (Å²) in [5.41, 5.74) is 1.000. The van der Waals surface area contributed by atoms with Crippen molar-refractivity contribution in [2.75, 3.05) is 10.6 Å². The molecule has 148 valence electrons. The quantitative estimate of drug-likeness (QED) is 0.646. The molecule has 2 N–H and O–H groups in total. The Labute approximate surface area is 167 Å². The number of pyridine rings is 1. The number of rotatable bonds is 6. The molecule has 0 saturated heterocycles. The molecule has 0 spiro atoms. The van der Waals surface area contributed by atoms with E-state index in [2.05, 4.69) is 15.6 Å². The summed E-state index contributed by atoms with van der Waals surface area (Å²) in [5.74, 6) is -0.760. The summed E-state index contributed by atoms with van der Waals surface area (Å²) in [5, 5.41) is 5.27. The molecule has 2 amide bonds. The van der Waals surface area contributed by atoms with Crippen molar-refractivity contribution in [1.29, 1.82) is 0 Å². The fraction of sp³-hybridized carbons (Fsp3) is 0.136. The lowest BCUT2D eigenvalue weighted by Crippen LogP contribution is -2.18. The summed E-state index contributed by atoms with van der Waals surface area (Å²) in [6.07, 6.45) is 0.0564. The number of nitrogens with zero attached hydrogens (tertiary/aromatic N) is 1. The zero-order valence-corrected chi connectivity index (χ0v) is 16.0. The molecule has 2 aromatic carbocycles. The van der Waals surface area contributed by atoms with Crippen LogP contribution in [0.1, 0.15) is 34.8 Å². The highest BCUT2D eigenvalue weighted by Gasteiger charge is 2.13. The predicted molar refractivity (Wildman–Crippen MR) is 109 cm³/mol. The number of nitrogens with one attached hydrogen (secondary N) is 2. The van der Waals surface area contributed by atoms with Crippen LogP contribution in [-0.4, -0.2) is 22.9 Å². The van der Waals surface area contributed by atoms with Gasteiger partial charge in [0.15, 0.2) is 0 Å². The molecule has 0 bridgehead atoms. The first-order valence-corrected chi connectivity index (χ1v) is 9.03. The van der Waals surface area contributed by atoms with Crippen LogP contribution in [0.3, 0.4) is 0 Å². The minimum Gasteiger partial charge on any atom is -0.491 e. The van der Waals surface area contributed by atoms with E-state index >= 15 is 0 Å². The van der Waals surface area contributed by atoms with E-state index in [1.807, 2.05) is 13.8 Å². The van der Waals surface area contributed by atoms with E-state index in [9.17, 15) is 14.0 Å². The lowest BCUT2D eigenvalue weighted by molar-refractivity contribution is 0.101. The Morgan fingerprint density at radius 1 is 0.862 bits per heavy atom. The molecule has 1 aromatic heterocycles. The van der Waals surface area contributed by atoms with Gasteiger partial charge in [0.1, 0.15) is 23.0 Å². The second-order valence-electron chi connectivity index (χ2n) is 6.52. The fourth-order valence-corrected chi connectivity index (χ4v) is 2.53. The van der Waals surface area contributed by atoms with E-state index in [4.69, 9.17) is 4.74 Å². The number of amides is 2. The van der Waals surface area contributed by atoms with E-state index in [1.165, 1.54) is 30.3 Å². The number of anilines is 2. The van der Waals surface area contributed by atoms with Crippen LogP contribution in [0.5, 0.6) is 5.75 Å². The number of aromatic nitrogens is 1. The molecule has 3 rings (SSSR count). The molecule has 0 saturated carbocycles. The summed E-state index contributed by atoms with van der Waals surface area (Å²) in [6, 6.07) is 17.0. The fourth-order valence-electron chi connectivity index (χ4n) is 2.53. The van der Waals surface area contributed by atoms with Crippen molar-refractivity contribution in [3.8, 4) is 5.75 Å². The van der Waals surface area contributed by atoms with Crippen molar-refractivity contribution in [1.82, 2.24) is 4.98 Å². The van der Waals surface area contributed by atoms with Crippen LogP contribution in [0, 0.1) is 5.82 Å². The van der Waals surface area contributed by atoms with Crippen LogP contribution >= 0.6 is 0 Å². The molecular formula is C22H20FN3O3. The third-order valence-corrected chi connectivity index (χ3v) is 3.78. The topological polar surface area (TPSA) is 80.3 Å². The molecule has 6 nitrogen and oxygen atoms in total. The molecule has 0 fully saturated rings. The highest BCUT2D eigenvalue weighted by Crippen LogP contribution is 2.17. The average molecular weight is 393 g/mol. The molecule has 1 heterocycles. The molecule has 0 radical (unpaired) electrons. The van der Waals surface area contributed by atoms with Crippen molar-refractivity contribution in [3.05, 3.63) is 83.9 Å². The summed E-state index contributed by atoms with van der Waals surface area (Å²) in [7, 11) is 0. The van der Waals surface area contributed by atoms with Crippen molar-refractivity contribution in [3.63, 3.8) is 0 Å². The zero-order valence-electron chi connectivity index (χ0n) is 16.0. The Balaban J connectivity index is 1.68. The van der Waals surface area contributed by atoms with E-state index in [-0.39, 0.29) is 17.5 Å². The summed E-state index contributed by atoms with van der Waals surface area (Å²) >= 11 is 0. The summed E-state index contributed by atoms with van der Waals surface area (Å²) < 4.78 is 18.8. The van der Waals surface area contributed by atoms with Gasteiger partial charge in [-0.25, -0.2) is 9.37 Å². The normalized spacial score (nSPS) is 10.5. The van der Waals surface area contributed by atoms with Gasteiger partial charge in [0.2, 0.25) is 0 Å². The molecule has 29 heavy (non-hydrogen) atoms. The Bertz CT molecular complexity index is 1020. The number of benzene rings is 2. The highest BCUT2D eigenvalue weighted by molar-refractivity contribution is 6.06. The van der Waals surface area contributed by atoms with Gasteiger partial charge in [0.25, 0.3) is 11.8 Å². The number of ether oxygens (including phenoxy) is 1. The Morgan fingerprint density at radius 2 is 1.45 bits per heavy atom. The van der Waals surface area contributed by atoms with Gasteiger partial charge in [0.05, 0.1) is 6.10 Å². The van der Waals surface area contributed by atoms with Gasteiger partial charge in [-0.1, -0.05) is 12.1 Å². The van der Waals surface area contributed by atoms with Crippen molar-refractivity contribution < 1.29 is 18.7 Å². The van der Waals surface area contributed by atoms with E-state index in [1.54, 1.807) is 36.4 Å². The molecule has 0 aliphatic heterocycles. The minimum absolute atomic E-state index is 0.0441. The van der Waals surface area contributed by atoms with E-state index < -0.39 is 17.6 Å². The molecule has 3 aromatic rings. The standard InChI is InChI=1S/C22H20FN3O3/c1-14(2)29-18-11-9-16(10-12-18)24-21(27)19-7-4-8-20(26-19)22(28)25-17-6-3-5-15(23)13-17/h3-14H,1-2H3,(H,24,27)(H,25,28). The van der Waals surface area contributed by atoms with Crippen LogP contribution in [0.2, 0.25) is 0 Å². The van der Waals surface area contributed by atoms with Crippen molar-refractivity contribution in [2.24, 2.45) is 0 Å².